The molecule has 0 saturated heterocycles. The van der Waals surface area contributed by atoms with Crippen molar-refractivity contribution >= 4 is 61.0 Å². The monoisotopic (exact) mass is 1060 g/mol. The number of aliphatic hydroxyl groups is 2. The summed E-state index contributed by atoms with van der Waals surface area (Å²) in [5, 5.41) is 31.1. The van der Waals surface area contributed by atoms with Crippen molar-refractivity contribution in [2.45, 2.75) is 117 Å². The van der Waals surface area contributed by atoms with Gasteiger partial charge in [0.25, 0.3) is 0 Å². The number of carbonyl (C=O) groups is 2. The Labute approximate surface area is 446 Å². The molecule has 2 aliphatic rings. The summed E-state index contributed by atoms with van der Waals surface area (Å²) in [5.74, 6) is 5.18. The number of para-hydroxylation sites is 2. The largest absolute Gasteiger partial charge is 0.490 e. The summed E-state index contributed by atoms with van der Waals surface area (Å²) in [6.45, 7) is 17.9. The second kappa shape index (κ2) is 26.8. The summed E-state index contributed by atoms with van der Waals surface area (Å²) >= 11 is 0. The molecule has 18 nitrogen and oxygen atoms in total. The van der Waals surface area contributed by atoms with Crippen LogP contribution in [-0.2, 0) is 9.47 Å². The molecule has 0 saturated carbocycles. The van der Waals surface area contributed by atoms with Crippen LogP contribution in [0, 0.1) is 13.8 Å². The maximum atomic E-state index is 12.6. The Kier molecular flexibility index (Phi) is 21.3. The maximum Gasteiger partial charge on any atom is 0.435 e. The van der Waals surface area contributed by atoms with Crippen molar-refractivity contribution in [1.29, 1.82) is 0 Å². The third kappa shape index (κ3) is 15.9. The molecule has 6 aromatic rings. The highest BCUT2D eigenvalue weighted by Crippen LogP contribution is 2.40. The highest BCUT2D eigenvalue weighted by molar-refractivity contribution is 7.59. The minimum atomic E-state index is -0.636. The van der Waals surface area contributed by atoms with Crippen LogP contribution in [-0.4, -0.2) is 118 Å². The Balaban J connectivity index is 0.000000267. The number of fused-ring (bicyclic) bond motifs is 4. The van der Waals surface area contributed by atoms with E-state index in [4.69, 9.17) is 47.4 Å². The van der Waals surface area contributed by atoms with Crippen molar-refractivity contribution < 1.29 is 67.2 Å². The van der Waals surface area contributed by atoms with Crippen molar-refractivity contribution in [3.05, 3.63) is 84.2 Å². The fourth-order valence-electron chi connectivity index (χ4n) is 7.94. The molecule has 404 valence electrons. The van der Waals surface area contributed by atoms with Crippen LogP contribution in [0.2, 0.25) is 0 Å². The first-order chi connectivity index (χ1) is 34.5. The van der Waals surface area contributed by atoms with Gasteiger partial charge in [-0.15, -0.1) is 0 Å². The van der Waals surface area contributed by atoms with Gasteiger partial charge in [-0.05, 0) is 142 Å². The van der Waals surface area contributed by atoms with Crippen LogP contribution in [0.4, 0.5) is 9.59 Å². The van der Waals surface area contributed by atoms with E-state index in [0.29, 0.717) is 121 Å². The van der Waals surface area contributed by atoms with Crippen LogP contribution in [0.3, 0.4) is 0 Å². The first-order valence-corrected chi connectivity index (χ1v) is 24.5. The van der Waals surface area contributed by atoms with E-state index in [1.807, 2.05) is 104 Å². The molecular weight excluding hydrogens is 993 g/mol. The number of nitrogens with zero attached hydrogens (tertiary/aromatic N) is 4. The molecule has 74 heavy (non-hydrogen) atoms. The van der Waals surface area contributed by atoms with E-state index < -0.39 is 35.6 Å². The average Bonchev–Trinajstić information content (AvgIpc) is 3.88. The Morgan fingerprint density at radius 1 is 0.541 bits per heavy atom. The second-order valence-corrected chi connectivity index (χ2v) is 19.4. The zero-order valence-corrected chi connectivity index (χ0v) is 45.6. The molecule has 20 heteroatoms. The van der Waals surface area contributed by atoms with E-state index in [-0.39, 0.29) is 40.2 Å². The Hall–Kier alpha value is -6.22. The fraction of sp³-hybridized carbons (Fsp3) is 0.481. The normalized spacial score (nSPS) is 13.5. The number of carbonyl (C=O) groups excluding carboxylic acids is 2. The lowest BCUT2D eigenvalue weighted by molar-refractivity contribution is 0.0511. The zero-order chi connectivity index (χ0) is 51.4. The van der Waals surface area contributed by atoms with Gasteiger partial charge < -0.3 is 57.6 Å². The molecule has 4 heterocycles. The smallest absolute Gasteiger partial charge is 0.435 e. The minimum Gasteiger partial charge on any atom is -0.490 e. The first kappa shape index (κ1) is 58.7. The van der Waals surface area contributed by atoms with E-state index in [2.05, 4.69) is 10.2 Å². The van der Waals surface area contributed by atoms with Gasteiger partial charge in [0.05, 0.1) is 58.6 Å². The summed E-state index contributed by atoms with van der Waals surface area (Å²) in [6, 6.07) is 22.0. The molecule has 2 atom stereocenters. The van der Waals surface area contributed by atoms with Gasteiger partial charge in [0.1, 0.15) is 62.3 Å². The lowest BCUT2D eigenvalue weighted by atomic mass is 10.1. The van der Waals surface area contributed by atoms with E-state index in [1.54, 1.807) is 24.3 Å². The zero-order valence-electron chi connectivity index (χ0n) is 43.6. The van der Waals surface area contributed by atoms with E-state index in [0.717, 1.165) is 36.5 Å². The molecule has 0 bridgehead atoms. The molecule has 0 unspecified atom stereocenters. The van der Waals surface area contributed by atoms with Crippen LogP contribution < -0.4 is 37.9 Å². The standard InChI is InChI=1S/2C27H34N2O7.2H2S/c2*1-18-24-20(29(28-18)26(31)36-27(2,3)4)10-7-11-21(24)35-17-19(30)9-5-6-14-32-22-12-8-13-23-25(22)34-16-15-33-23;;/h2*7-8,10-13,19,30H,5-6,9,14-17H2,1-4H3;2*1H2/t2*19-;;/m00../s1. The summed E-state index contributed by atoms with van der Waals surface area (Å²) < 4.78 is 59.5. The van der Waals surface area contributed by atoms with Crippen LogP contribution in [0.5, 0.6) is 46.0 Å². The minimum absolute atomic E-state index is 0. The van der Waals surface area contributed by atoms with Gasteiger partial charge in [-0.3, -0.25) is 0 Å². The number of benzene rings is 4. The van der Waals surface area contributed by atoms with E-state index >= 15 is 0 Å². The predicted octanol–water partition coefficient (Wildman–Crippen LogP) is 10.0. The first-order valence-electron chi connectivity index (χ1n) is 24.5. The van der Waals surface area contributed by atoms with Gasteiger partial charge in [0, 0.05) is 0 Å². The molecule has 0 spiro atoms. The van der Waals surface area contributed by atoms with Crippen LogP contribution in [0.25, 0.3) is 21.8 Å². The van der Waals surface area contributed by atoms with E-state index in [9.17, 15) is 19.8 Å². The number of ether oxygens (including phenoxy) is 10. The SMILES string of the molecule is Cc1nn(C(=O)OC(C)(C)C)c2cccc(OC[C@@H](O)CCCCOc3cccc4c3OCCO4)c12.Cc1nn(C(=O)OC(C)(C)C)c2cccc(OC[C@@H](O)CCCCOc3cccc4c3OCCO4)c12.S.S. The topological polar surface area (TPSA) is 203 Å². The van der Waals surface area contributed by atoms with Crippen molar-refractivity contribution in [2.24, 2.45) is 0 Å². The third-order valence-electron chi connectivity index (χ3n) is 11.1. The fourth-order valence-corrected chi connectivity index (χ4v) is 7.94. The lowest BCUT2D eigenvalue weighted by Gasteiger charge is -2.20. The molecule has 2 N–H and O–H groups in total. The number of unbranched alkanes of at least 4 members (excludes halogenated alkanes) is 2. The molecule has 0 aliphatic carbocycles. The predicted molar refractivity (Wildman–Crippen MR) is 290 cm³/mol. The van der Waals surface area contributed by atoms with Crippen LogP contribution in [0.15, 0.2) is 72.8 Å². The van der Waals surface area contributed by atoms with Crippen LogP contribution >= 0.6 is 27.0 Å². The number of hydrogen-bond acceptors (Lipinski definition) is 16. The number of aromatic nitrogens is 4. The lowest BCUT2D eigenvalue weighted by Crippen LogP contribution is -2.27. The highest BCUT2D eigenvalue weighted by Gasteiger charge is 2.25. The molecule has 0 fully saturated rings. The van der Waals surface area contributed by atoms with Crippen LogP contribution in [0.1, 0.15) is 91.5 Å². The maximum absolute atomic E-state index is 12.6. The van der Waals surface area contributed by atoms with Gasteiger partial charge in [-0.1, -0.05) is 24.3 Å². The Morgan fingerprint density at radius 3 is 1.30 bits per heavy atom. The van der Waals surface area contributed by atoms with Gasteiger partial charge in [-0.25, -0.2) is 9.59 Å². The molecule has 2 aliphatic heterocycles. The number of rotatable bonds is 18. The van der Waals surface area contributed by atoms with E-state index in [1.165, 1.54) is 9.36 Å². The number of hydrogen-bond donors (Lipinski definition) is 2. The molecule has 4 aromatic carbocycles. The summed E-state index contributed by atoms with van der Waals surface area (Å²) in [7, 11) is 0. The van der Waals surface area contributed by atoms with Gasteiger partial charge in [0.15, 0.2) is 23.0 Å². The summed E-state index contributed by atoms with van der Waals surface area (Å²) in [5.41, 5.74) is 1.24. The number of aliphatic hydroxyl groups excluding tert-OH is 2. The quantitative estimate of drug-likeness (QED) is 0.0769. The van der Waals surface area contributed by atoms with Gasteiger partial charge >= 0.3 is 12.2 Å². The Morgan fingerprint density at radius 2 is 0.905 bits per heavy atom. The van der Waals surface area contributed by atoms with Crippen molar-refractivity contribution in [2.75, 3.05) is 52.9 Å². The molecule has 0 amide bonds. The molecule has 8 rings (SSSR count). The van der Waals surface area contributed by atoms with Crippen molar-refractivity contribution in [3.63, 3.8) is 0 Å². The van der Waals surface area contributed by atoms with Gasteiger partial charge in [0.2, 0.25) is 11.5 Å². The molecular formula is C54H72N4O14S2. The second-order valence-electron chi connectivity index (χ2n) is 19.4. The Bertz CT molecular complexity index is 2600. The average molecular weight is 1070 g/mol. The molecule has 2 aromatic heterocycles. The van der Waals surface area contributed by atoms with Crippen molar-refractivity contribution in [1.82, 2.24) is 19.6 Å². The summed E-state index contributed by atoms with van der Waals surface area (Å²) in [6.07, 6.45) is 1.88. The van der Waals surface area contributed by atoms with Crippen molar-refractivity contribution in [3.8, 4) is 46.0 Å². The highest BCUT2D eigenvalue weighted by atomic mass is 32.1. The van der Waals surface area contributed by atoms with Gasteiger partial charge in [-0.2, -0.15) is 46.6 Å². The third-order valence-corrected chi connectivity index (χ3v) is 11.1. The number of aryl methyl sites for hydroxylation is 2. The summed E-state index contributed by atoms with van der Waals surface area (Å²) in [4.78, 5) is 25.1. The molecule has 0 radical (unpaired) electrons.